The summed E-state index contributed by atoms with van der Waals surface area (Å²) >= 11 is 3.36. The molecule has 0 aromatic carbocycles. The van der Waals surface area contributed by atoms with Gasteiger partial charge in [-0.2, -0.15) is 0 Å². The highest BCUT2D eigenvalue weighted by atomic mass is 79.9. The minimum atomic E-state index is -0.490. The smallest absolute Gasteiger partial charge is 0.234 e. The average Bonchev–Trinajstić information content (AvgIpc) is 2.29. The van der Waals surface area contributed by atoms with E-state index in [1.807, 2.05) is 13.8 Å². The first-order chi connectivity index (χ1) is 7.51. The van der Waals surface area contributed by atoms with Crippen molar-refractivity contribution in [3.05, 3.63) is 0 Å². The van der Waals surface area contributed by atoms with E-state index >= 15 is 0 Å². The van der Waals surface area contributed by atoms with E-state index in [0.717, 1.165) is 0 Å². The van der Waals surface area contributed by atoms with Gasteiger partial charge in [-0.3, -0.25) is 4.79 Å². The van der Waals surface area contributed by atoms with Gasteiger partial charge in [-0.25, -0.2) is 0 Å². The van der Waals surface area contributed by atoms with Crippen molar-refractivity contribution in [2.75, 3.05) is 19.8 Å². The van der Waals surface area contributed by atoms with E-state index in [-0.39, 0.29) is 23.3 Å². The van der Waals surface area contributed by atoms with E-state index < -0.39 is 5.54 Å². The summed E-state index contributed by atoms with van der Waals surface area (Å²) in [5.41, 5.74) is -0.490. The van der Waals surface area contributed by atoms with Crippen LogP contribution in [0.2, 0.25) is 0 Å². The van der Waals surface area contributed by atoms with Gasteiger partial charge in [-0.05, 0) is 18.8 Å². The number of hydrogen-bond acceptors (Lipinski definition) is 3. The summed E-state index contributed by atoms with van der Waals surface area (Å²) in [5.74, 6) is 0.182. The highest BCUT2D eigenvalue weighted by Crippen LogP contribution is 2.22. The molecule has 0 saturated carbocycles. The molecular formula is C11H20BrNO3. The van der Waals surface area contributed by atoms with E-state index in [9.17, 15) is 9.90 Å². The summed E-state index contributed by atoms with van der Waals surface area (Å²) in [6.07, 6.45) is 1.35. The van der Waals surface area contributed by atoms with E-state index in [0.29, 0.717) is 26.1 Å². The molecular weight excluding hydrogens is 274 g/mol. The van der Waals surface area contributed by atoms with E-state index in [1.165, 1.54) is 0 Å². The maximum absolute atomic E-state index is 11.9. The highest BCUT2D eigenvalue weighted by Gasteiger charge is 2.35. The molecule has 1 heterocycles. The van der Waals surface area contributed by atoms with Crippen molar-refractivity contribution in [1.82, 2.24) is 5.32 Å². The van der Waals surface area contributed by atoms with Gasteiger partial charge in [-0.1, -0.05) is 29.8 Å². The number of hydrogen-bond donors (Lipinski definition) is 2. The topological polar surface area (TPSA) is 58.6 Å². The Bertz CT molecular complexity index is 239. The van der Waals surface area contributed by atoms with Gasteiger partial charge in [0, 0.05) is 13.2 Å². The van der Waals surface area contributed by atoms with E-state index in [4.69, 9.17) is 4.74 Å². The Balaban J connectivity index is 2.58. The van der Waals surface area contributed by atoms with Gasteiger partial charge in [0.1, 0.15) is 0 Å². The van der Waals surface area contributed by atoms with E-state index in [2.05, 4.69) is 21.2 Å². The Morgan fingerprint density at radius 2 is 2.06 bits per heavy atom. The van der Waals surface area contributed by atoms with Crippen LogP contribution in [0.3, 0.4) is 0 Å². The van der Waals surface area contributed by atoms with Crippen LogP contribution in [0.4, 0.5) is 0 Å². The van der Waals surface area contributed by atoms with Gasteiger partial charge in [0.05, 0.1) is 17.0 Å². The fraction of sp³-hybridized carbons (Fsp3) is 0.909. The van der Waals surface area contributed by atoms with Crippen molar-refractivity contribution in [3.8, 4) is 0 Å². The van der Waals surface area contributed by atoms with Crippen LogP contribution in [0.5, 0.6) is 0 Å². The number of ether oxygens (including phenoxy) is 1. The highest BCUT2D eigenvalue weighted by molar-refractivity contribution is 9.10. The Kier molecular flexibility index (Phi) is 5.21. The standard InChI is InChI=1S/C11H20BrNO3/c1-8(2)9(12)10(15)13-11(7-14)3-5-16-6-4-11/h8-9,14H,3-7H2,1-2H3,(H,13,15). The minimum absolute atomic E-state index is 0.0279. The maximum Gasteiger partial charge on any atom is 0.234 e. The molecule has 1 rings (SSSR count). The second-order valence-corrected chi connectivity index (χ2v) is 5.67. The first-order valence-corrected chi connectivity index (χ1v) is 6.57. The molecule has 0 aliphatic carbocycles. The molecule has 1 aliphatic heterocycles. The lowest BCUT2D eigenvalue weighted by Gasteiger charge is -2.37. The Morgan fingerprint density at radius 1 is 1.50 bits per heavy atom. The molecule has 0 aromatic rings. The first-order valence-electron chi connectivity index (χ1n) is 5.65. The van der Waals surface area contributed by atoms with Crippen LogP contribution in [0.25, 0.3) is 0 Å². The number of aliphatic hydroxyl groups excluding tert-OH is 1. The monoisotopic (exact) mass is 293 g/mol. The van der Waals surface area contributed by atoms with Crippen LogP contribution in [0.15, 0.2) is 0 Å². The van der Waals surface area contributed by atoms with Gasteiger partial charge in [-0.15, -0.1) is 0 Å². The quantitative estimate of drug-likeness (QED) is 0.762. The summed E-state index contributed by atoms with van der Waals surface area (Å²) in [7, 11) is 0. The van der Waals surface area contributed by atoms with Crippen molar-refractivity contribution >= 4 is 21.8 Å². The third-order valence-electron chi connectivity index (χ3n) is 2.98. The third-order valence-corrected chi connectivity index (χ3v) is 4.45. The van der Waals surface area contributed by atoms with Crippen LogP contribution in [0, 0.1) is 5.92 Å². The number of carbonyl (C=O) groups excluding carboxylic acids is 1. The fourth-order valence-corrected chi connectivity index (χ4v) is 1.83. The van der Waals surface area contributed by atoms with Gasteiger partial charge in [0.2, 0.25) is 5.91 Å². The summed E-state index contributed by atoms with van der Waals surface area (Å²) in [5, 5.41) is 12.4. The second kappa shape index (κ2) is 5.98. The predicted octanol–water partition coefficient (Wildman–Crippen LogP) is 1.06. The fourth-order valence-electron chi connectivity index (χ4n) is 1.72. The van der Waals surface area contributed by atoms with Crippen LogP contribution in [-0.2, 0) is 9.53 Å². The first kappa shape index (κ1) is 13.9. The predicted molar refractivity (Wildman–Crippen MR) is 65.6 cm³/mol. The van der Waals surface area contributed by atoms with Gasteiger partial charge < -0.3 is 15.2 Å². The second-order valence-electron chi connectivity index (χ2n) is 4.69. The molecule has 1 unspecified atom stereocenters. The molecule has 1 aliphatic rings. The number of carbonyl (C=O) groups is 1. The number of rotatable bonds is 4. The SMILES string of the molecule is CC(C)C(Br)C(=O)NC1(CO)CCOCC1. The molecule has 0 spiro atoms. The lowest BCUT2D eigenvalue weighted by molar-refractivity contribution is -0.125. The summed E-state index contributed by atoms with van der Waals surface area (Å²) < 4.78 is 5.24. The van der Waals surface area contributed by atoms with Crippen molar-refractivity contribution < 1.29 is 14.6 Å². The Morgan fingerprint density at radius 3 is 2.50 bits per heavy atom. The lowest BCUT2D eigenvalue weighted by atomic mass is 9.90. The van der Waals surface area contributed by atoms with E-state index in [1.54, 1.807) is 0 Å². The van der Waals surface area contributed by atoms with Gasteiger partial charge in [0.15, 0.2) is 0 Å². The molecule has 1 atom stereocenters. The zero-order valence-electron chi connectivity index (χ0n) is 9.83. The largest absolute Gasteiger partial charge is 0.394 e. The molecule has 0 radical (unpaired) electrons. The third kappa shape index (κ3) is 3.43. The summed E-state index contributed by atoms with van der Waals surface area (Å²) in [4.78, 5) is 11.7. The Labute approximate surface area is 105 Å². The number of halogens is 1. The van der Waals surface area contributed by atoms with Crippen LogP contribution < -0.4 is 5.32 Å². The van der Waals surface area contributed by atoms with Crippen molar-refractivity contribution in [3.63, 3.8) is 0 Å². The van der Waals surface area contributed by atoms with Crippen LogP contribution >= 0.6 is 15.9 Å². The molecule has 5 heteroatoms. The molecule has 0 bridgehead atoms. The zero-order chi connectivity index (χ0) is 12.2. The molecule has 0 aromatic heterocycles. The molecule has 2 N–H and O–H groups in total. The average molecular weight is 294 g/mol. The molecule has 4 nitrogen and oxygen atoms in total. The maximum atomic E-state index is 11.9. The zero-order valence-corrected chi connectivity index (χ0v) is 11.4. The number of alkyl halides is 1. The van der Waals surface area contributed by atoms with Gasteiger partial charge in [0.25, 0.3) is 0 Å². The minimum Gasteiger partial charge on any atom is -0.394 e. The van der Waals surface area contributed by atoms with Crippen molar-refractivity contribution in [2.45, 2.75) is 37.1 Å². The van der Waals surface area contributed by atoms with Crippen molar-refractivity contribution in [1.29, 1.82) is 0 Å². The van der Waals surface area contributed by atoms with Crippen molar-refractivity contribution in [2.24, 2.45) is 5.92 Å². The molecule has 1 amide bonds. The number of nitrogens with one attached hydrogen (secondary N) is 1. The number of aliphatic hydroxyl groups is 1. The van der Waals surface area contributed by atoms with Crippen LogP contribution in [0.1, 0.15) is 26.7 Å². The van der Waals surface area contributed by atoms with Gasteiger partial charge >= 0.3 is 0 Å². The molecule has 94 valence electrons. The molecule has 16 heavy (non-hydrogen) atoms. The molecule has 1 fully saturated rings. The normalized spacial score (nSPS) is 21.8. The Hall–Kier alpha value is -0.130. The number of amides is 1. The molecule has 1 saturated heterocycles. The lowest BCUT2D eigenvalue weighted by Crippen LogP contribution is -2.56. The summed E-state index contributed by atoms with van der Waals surface area (Å²) in [6.45, 7) is 5.12. The summed E-state index contributed by atoms with van der Waals surface area (Å²) in [6, 6.07) is 0. The van der Waals surface area contributed by atoms with Crippen LogP contribution in [-0.4, -0.2) is 41.2 Å².